The van der Waals surface area contributed by atoms with Crippen LogP contribution in [0, 0.1) is 0 Å². The number of rotatable bonds is 3. The molecule has 0 amide bonds. The average molecular weight is 215 g/mol. The Kier molecular flexibility index (Phi) is 3.11. The lowest BCUT2D eigenvalue weighted by atomic mass is 10.0. The normalized spacial score (nSPS) is 12.7. The van der Waals surface area contributed by atoms with Crippen LogP contribution in [0.5, 0.6) is 5.75 Å². The Balaban J connectivity index is 2.58. The van der Waals surface area contributed by atoms with Gasteiger partial charge in [0.15, 0.2) is 0 Å². The molecule has 0 heterocycles. The molecule has 0 aliphatic rings. The fourth-order valence-corrected chi connectivity index (χ4v) is 2.04. The molecule has 0 saturated carbocycles. The molecule has 2 aromatic rings. The van der Waals surface area contributed by atoms with E-state index in [2.05, 4.69) is 24.3 Å². The summed E-state index contributed by atoms with van der Waals surface area (Å²) in [7, 11) is 1.71. The third-order valence-corrected chi connectivity index (χ3v) is 2.71. The Labute approximate surface area is 96.0 Å². The first-order valence-electron chi connectivity index (χ1n) is 5.52. The minimum atomic E-state index is 0.148. The van der Waals surface area contributed by atoms with Crippen molar-refractivity contribution in [1.29, 1.82) is 0 Å². The summed E-state index contributed by atoms with van der Waals surface area (Å²) >= 11 is 0. The van der Waals surface area contributed by atoms with Crippen LogP contribution in [0.2, 0.25) is 0 Å². The zero-order chi connectivity index (χ0) is 11.5. The summed E-state index contributed by atoms with van der Waals surface area (Å²) in [6.07, 6.45) is 0.841. The largest absolute Gasteiger partial charge is 0.496 e. The van der Waals surface area contributed by atoms with Crippen molar-refractivity contribution >= 4 is 10.8 Å². The molecular weight excluding hydrogens is 198 g/mol. The van der Waals surface area contributed by atoms with E-state index in [0.29, 0.717) is 0 Å². The van der Waals surface area contributed by atoms with Crippen molar-refractivity contribution in [3.63, 3.8) is 0 Å². The Morgan fingerprint density at radius 3 is 2.62 bits per heavy atom. The lowest BCUT2D eigenvalue weighted by Crippen LogP contribution is -2.18. The number of benzene rings is 2. The molecule has 2 rings (SSSR count). The summed E-state index contributed by atoms with van der Waals surface area (Å²) in [6, 6.07) is 12.6. The van der Waals surface area contributed by atoms with Crippen molar-refractivity contribution in [2.45, 2.75) is 19.4 Å². The second-order valence-corrected chi connectivity index (χ2v) is 4.16. The minimum absolute atomic E-state index is 0.148. The lowest BCUT2D eigenvalue weighted by Gasteiger charge is -2.13. The predicted octanol–water partition coefficient (Wildman–Crippen LogP) is 2.74. The molecule has 16 heavy (non-hydrogen) atoms. The van der Waals surface area contributed by atoms with Gasteiger partial charge in [0.1, 0.15) is 5.75 Å². The fraction of sp³-hybridized carbons (Fsp3) is 0.286. The Morgan fingerprint density at radius 1 is 1.19 bits per heavy atom. The fourth-order valence-electron chi connectivity index (χ4n) is 2.04. The van der Waals surface area contributed by atoms with E-state index in [1.165, 1.54) is 10.9 Å². The molecule has 0 spiro atoms. The van der Waals surface area contributed by atoms with Gasteiger partial charge in [0.05, 0.1) is 7.11 Å². The molecule has 1 unspecified atom stereocenters. The van der Waals surface area contributed by atoms with Gasteiger partial charge in [-0.3, -0.25) is 0 Å². The van der Waals surface area contributed by atoms with Gasteiger partial charge in [-0.1, -0.05) is 36.4 Å². The van der Waals surface area contributed by atoms with Crippen LogP contribution in [-0.4, -0.2) is 13.2 Å². The van der Waals surface area contributed by atoms with Gasteiger partial charge >= 0.3 is 0 Å². The van der Waals surface area contributed by atoms with Crippen molar-refractivity contribution in [1.82, 2.24) is 0 Å². The first-order valence-corrected chi connectivity index (χ1v) is 5.52. The second kappa shape index (κ2) is 4.54. The molecule has 2 heteroatoms. The smallest absolute Gasteiger partial charge is 0.129 e. The predicted molar refractivity (Wildman–Crippen MR) is 67.9 cm³/mol. The molecule has 2 N–H and O–H groups in total. The zero-order valence-electron chi connectivity index (χ0n) is 9.73. The topological polar surface area (TPSA) is 35.2 Å². The summed E-state index contributed by atoms with van der Waals surface area (Å²) in [5, 5.41) is 2.36. The Hall–Kier alpha value is -1.54. The molecule has 2 nitrogen and oxygen atoms in total. The molecule has 0 aliphatic carbocycles. The highest BCUT2D eigenvalue weighted by atomic mass is 16.5. The van der Waals surface area contributed by atoms with Crippen molar-refractivity contribution in [3.8, 4) is 5.75 Å². The molecule has 0 radical (unpaired) electrons. The van der Waals surface area contributed by atoms with Crippen molar-refractivity contribution < 1.29 is 4.74 Å². The molecule has 1 atom stereocenters. The van der Waals surface area contributed by atoms with E-state index in [1.54, 1.807) is 7.11 Å². The molecule has 0 aliphatic heterocycles. The van der Waals surface area contributed by atoms with Gasteiger partial charge < -0.3 is 10.5 Å². The molecule has 0 saturated heterocycles. The maximum Gasteiger partial charge on any atom is 0.129 e. The van der Waals surface area contributed by atoms with Crippen LogP contribution in [0.1, 0.15) is 12.5 Å². The monoisotopic (exact) mass is 215 g/mol. The van der Waals surface area contributed by atoms with E-state index in [-0.39, 0.29) is 6.04 Å². The van der Waals surface area contributed by atoms with Crippen LogP contribution in [0.15, 0.2) is 36.4 Å². The Morgan fingerprint density at radius 2 is 1.94 bits per heavy atom. The van der Waals surface area contributed by atoms with E-state index in [4.69, 9.17) is 10.5 Å². The average Bonchev–Trinajstić information content (AvgIpc) is 2.28. The molecule has 0 bridgehead atoms. The van der Waals surface area contributed by atoms with Crippen LogP contribution in [0.25, 0.3) is 10.8 Å². The van der Waals surface area contributed by atoms with Crippen LogP contribution >= 0.6 is 0 Å². The standard InChI is InChI=1S/C14H17NO/c1-10(15)9-12-8-7-11-5-3-4-6-13(11)14(12)16-2/h3-8,10H,9,15H2,1-2H3. The van der Waals surface area contributed by atoms with Gasteiger partial charge in [-0.25, -0.2) is 0 Å². The number of nitrogens with two attached hydrogens (primary N) is 1. The summed E-state index contributed by atoms with van der Waals surface area (Å²) in [6.45, 7) is 2.01. The maximum absolute atomic E-state index is 5.84. The van der Waals surface area contributed by atoms with Crippen LogP contribution < -0.4 is 10.5 Å². The lowest BCUT2D eigenvalue weighted by molar-refractivity contribution is 0.413. The van der Waals surface area contributed by atoms with Gasteiger partial charge in [-0.05, 0) is 24.3 Å². The van der Waals surface area contributed by atoms with E-state index < -0.39 is 0 Å². The van der Waals surface area contributed by atoms with Gasteiger partial charge in [-0.2, -0.15) is 0 Å². The van der Waals surface area contributed by atoms with Crippen molar-refractivity contribution in [2.24, 2.45) is 5.73 Å². The number of methoxy groups -OCH3 is 1. The van der Waals surface area contributed by atoms with Crippen LogP contribution in [0.3, 0.4) is 0 Å². The number of fused-ring (bicyclic) bond motifs is 1. The quantitative estimate of drug-likeness (QED) is 0.854. The summed E-state index contributed by atoms with van der Waals surface area (Å²) in [5.74, 6) is 0.954. The van der Waals surface area contributed by atoms with E-state index in [1.807, 2.05) is 19.1 Å². The van der Waals surface area contributed by atoms with Gasteiger partial charge in [0, 0.05) is 11.4 Å². The number of hydrogen-bond donors (Lipinski definition) is 1. The van der Waals surface area contributed by atoms with Gasteiger partial charge in [0.2, 0.25) is 0 Å². The van der Waals surface area contributed by atoms with Crippen LogP contribution in [-0.2, 0) is 6.42 Å². The molecular formula is C14H17NO. The molecule has 0 aromatic heterocycles. The molecule has 2 aromatic carbocycles. The number of ether oxygens (including phenoxy) is 1. The van der Waals surface area contributed by atoms with E-state index in [9.17, 15) is 0 Å². The highest BCUT2D eigenvalue weighted by Gasteiger charge is 2.08. The maximum atomic E-state index is 5.84. The Bertz CT molecular complexity index is 491. The van der Waals surface area contributed by atoms with Crippen molar-refractivity contribution in [2.75, 3.05) is 7.11 Å². The SMILES string of the molecule is COc1c(CC(C)N)ccc2ccccc12. The highest BCUT2D eigenvalue weighted by molar-refractivity contribution is 5.89. The van der Waals surface area contributed by atoms with Gasteiger partial charge in [0.25, 0.3) is 0 Å². The third-order valence-electron chi connectivity index (χ3n) is 2.71. The summed E-state index contributed by atoms with van der Waals surface area (Å²) < 4.78 is 5.50. The third kappa shape index (κ3) is 2.02. The first-order chi connectivity index (χ1) is 7.72. The highest BCUT2D eigenvalue weighted by Crippen LogP contribution is 2.30. The summed E-state index contributed by atoms with van der Waals surface area (Å²) in [5.41, 5.74) is 7.01. The van der Waals surface area contributed by atoms with Crippen LogP contribution in [0.4, 0.5) is 0 Å². The molecule has 84 valence electrons. The number of hydrogen-bond acceptors (Lipinski definition) is 2. The molecule has 0 fully saturated rings. The first kappa shape index (κ1) is 11.0. The zero-order valence-corrected chi connectivity index (χ0v) is 9.73. The summed E-state index contributed by atoms with van der Waals surface area (Å²) in [4.78, 5) is 0. The minimum Gasteiger partial charge on any atom is -0.496 e. The van der Waals surface area contributed by atoms with E-state index >= 15 is 0 Å². The van der Waals surface area contributed by atoms with E-state index in [0.717, 1.165) is 17.6 Å². The second-order valence-electron chi connectivity index (χ2n) is 4.16. The van der Waals surface area contributed by atoms with Crippen molar-refractivity contribution in [3.05, 3.63) is 42.0 Å². The van der Waals surface area contributed by atoms with Gasteiger partial charge in [-0.15, -0.1) is 0 Å².